The van der Waals surface area contributed by atoms with Crippen molar-refractivity contribution >= 4 is 0 Å². The van der Waals surface area contributed by atoms with Crippen molar-refractivity contribution < 1.29 is 4.74 Å². The topological polar surface area (TPSA) is 21.3 Å². The molecule has 1 aliphatic rings. The zero-order valence-electron chi connectivity index (χ0n) is 13.0. The van der Waals surface area contributed by atoms with E-state index >= 15 is 0 Å². The number of nitrogens with one attached hydrogen (secondary N) is 1. The lowest BCUT2D eigenvalue weighted by atomic mass is 9.86. The molecule has 0 aromatic heterocycles. The lowest BCUT2D eigenvalue weighted by molar-refractivity contribution is 0.300. The summed E-state index contributed by atoms with van der Waals surface area (Å²) in [6.07, 6.45) is 0. The van der Waals surface area contributed by atoms with Gasteiger partial charge in [-0.25, -0.2) is 0 Å². The van der Waals surface area contributed by atoms with Gasteiger partial charge in [0.25, 0.3) is 0 Å². The van der Waals surface area contributed by atoms with E-state index in [0.29, 0.717) is 12.0 Å². The molecule has 0 amide bonds. The van der Waals surface area contributed by atoms with Crippen molar-refractivity contribution in [2.45, 2.75) is 32.7 Å². The minimum atomic E-state index is 0.305. The molecule has 0 saturated carbocycles. The van der Waals surface area contributed by atoms with Crippen LogP contribution >= 0.6 is 0 Å². The van der Waals surface area contributed by atoms with Crippen LogP contribution in [-0.2, 0) is 0 Å². The van der Waals surface area contributed by atoms with E-state index in [1.54, 1.807) is 0 Å². The Morgan fingerprint density at radius 1 is 1.19 bits per heavy atom. The molecule has 21 heavy (non-hydrogen) atoms. The first-order valence-corrected chi connectivity index (χ1v) is 7.73. The minimum Gasteiger partial charge on any atom is -0.493 e. The summed E-state index contributed by atoms with van der Waals surface area (Å²) in [6, 6.07) is 15.4. The van der Waals surface area contributed by atoms with E-state index in [0.717, 1.165) is 18.9 Å². The molecule has 3 rings (SSSR count). The normalized spacial score (nSPS) is 18.1. The van der Waals surface area contributed by atoms with Gasteiger partial charge in [-0.3, -0.25) is 0 Å². The summed E-state index contributed by atoms with van der Waals surface area (Å²) in [5.41, 5.74) is 5.37. The van der Waals surface area contributed by atoms with Crippen molar-refractivity contribution in [3.8, 4) is 5.75 Å². The molecule has 1 heterocycles. The summed E-state index contributed by atoms with van der Waals surface area (Å²) in [6.45, 7) is 8.22. The van der Waals surface area contributed by atoms with Crippen LogP contribution in [0.1, 0.15) is 41.1 Å². The van der Waals surface area contributed by atoms with Crippen molar-refractivity contribution in [1.29, 1.82) is 0 Å². The monoisotopic (exact) mass is 281 g/mol. The smallest absolute Gasteiger partial charge is 0.122 e. The first-order valence-electron chi connectivity index (χ1n) is 7.73. The predicted molar refractivity (Wildman–Crippen MR) is 87.0 cm³/mol. The molecule has 2 aromatic carbocycles. The average Bonchev–Trinajstić information content (AvgIpc) is 2.89. The van der Waals surface area contributed by atoms with E-state index in [-0.39, 0.29) is 0 Å². The Hall–Kier alpha value is -1.80. The van der Waals surface area contributed by atoms with Crippen molar-refractivity contribution in [3.05, 3.63) is 64.7 Å². The van der Waals surface area contributed by atoms with Crippen LogP contribution in [0.5, 0.6) is 5.75 Å². The maximum absolute atomic E-state index is 5.88. The van der Waals surface area contributed by atoms with Crippen LogP contribution in [-0.4, -0.2) is 13.2 Å². The van der Waals surface area contributed by atoms with Gasteiger partial charge in [-0.1, -0.05) is 48.9 Å². The highest BCUT2D eigenvalue weighted by Crippen LogP contribution is 2.41. The number of benzene rings is 2. The van der Waals surface area contributed by atoms with Crippen molar-refractivity contribution in [2.24, 2.45) is 0 Å². The molecular weight excluding hydrogens is 258 g/mol. The Balaban J connectivity index is 1.99. The summed E-state index contributed by atoms with van der Waals surface area (Å²) >= 11 is 0. The summed E-state index contributed by atoms with van der Waals surface area (Å²) in [7, 11) is 0. The van der Waals surface area contributed by atoms with Crippen LogP contribution < -0.4 is 10.1 Å². The number of hydrogen-bond acceptors (Lipinski definition) is 2. The fourth-order valence-corrected chi connectivity index (χ4v) is 3.33. The lowest BCUT2D eigenvalue weighted by Gasteiger charge is -2.26. The van der Waals surface area contributed by atoms with Crippen LogP contribution in [0.4, 0.5) is 0 Å². The Bertz CT molecular complexity index is 635. The molecule has 2 aromatic rings. The molecule has 2 nitrogen and oxygen atoms in total. The fourth-order valence-electron chi connectivity index (χ4n) is 3.33. The van der Waals surface area contributed by atoms with E-state index in [1.165, 1.54) is 22.3 Å². The Morgan fingerprint density at radius 3 is 2.76 bits per heavy atom. The van der Waals surface area contributed by atoms with E-state index in [2.05, 4.69) is 62.5 Å². The summed E-state index contributed by atoms with van der Waals surface area (Å²) in [4.78, 5) is 0. The molecule has 0 radical (unpaired) electrons. The Labute approximate surface area is 127 Å². The molecule has 0 spiro atoms. The number of para-hydroxylation sites is 1. The lowest BCUT2D eigenvalue weighted by Crippen LogP contribution is -2.28. The molecule has 2 unspecified atom stereocenters. The first-order chi connectivity index (χ1) is 10.2. The second-order valence-electron chi connectivity index (χ2n) is 5.85. The molecule has 2 heteroatoms. The van der Waals surface area contributed by atoms with Gasteiger partial charge in [0.1, 0.15) is 5.75 Å². The zero-order chi connectivity index (χ0) is 14.8. The maximum Gasteiger partial charge on any atom is 0.122 e. The third-order valence-corrected chi connectivity index (χ3v) is 4.32. The molecule has 1 aliphatic heterocycles. The van der Waals surface area contributed by atoms with Crippen LogP contribution in [0.3, 0.4) is 0 Å². The highest BCUT2D eigenvalue weighted by atomic mass is 16.5. The summed E-state index contributed by atoms with van der Waals surface area (Å²) < 4.78 is 5.88. The molecule has 0 saturated heterocycles. The zero-order valence-corrected chi connectivity index (χ0v) is 13.0. The number of ether oxygens (including phenoxy) is 1. The Kier molecular flexibility index (Phi) is 3.98. The molecule has 0 fully saturated rings. The quantitative estimate of drug-likeness (QED) is 0.910. The van der Waals surface area contributed by atoms with Crippen molar-refractivity contribution in [2.75, 3.05) is 13.2 Å². The largest absolute Gasteiger partial charge is 0.493 e. The SMILES string of the molecule is CCNC(c1ccc(C)cc1C)C1COc2ccccc21. The highest BCUT2D eigenvalue weighted by Gasteiger charge is 2.32. The van der Waals surface area contributed by atoms with Gasteiger partial charge in [-0.15, -0.1) is 0 Å². The third kappa shape index (κ3) is 2.68. The average molecular weight is 281 g/mol. The third-order valence-electron chi connectivity index (χ3n) is 4.32. The van der Waals surface area contributed by atoms with Gasteiger partial charge in [0.15, 0.2) is 0 Å². The Morgan fingerprint density at radius 2 is 2.00 bits per heavy atom. The van der Waals surface area contributed by atoms with Crippen LogP contribution in [0.25, 0.3) is 0 Å². The maximum atomic E-state index is 5.88. The second kappa shape index (κ2) is 5.90. The predicted octanol–water partition coefficient (Wildman–Crippen LogP) is 4.13. The number of fused-ring (bicyclic) bond motifs is 1. The fraction of sp³-hybridized carbons (Fsp3) is 0.368. The van der Waals surface area contributed by atoms with E-state index in [1.807, 2.05) is 6.07 Å². The van der Waals surface area contributed by atoms with Gasteiger partial charge in [0, 0.05) is 17.5 Å². The molecule has 1 N–H and O–H groups in total. The standard InChI is InChI=1S/C19H23NO/c1-4-20-19(15-10-9-13(2)11-14(15)3)17-12-21-18-8-6-5-7-16(17)18/h5-11,17,19-20H,4,12H2,1-3H3. The van der Waals surface area contributed by atoms with Crippen LogP contribution in [0, 0.1) is 13.8 Å². The van der Waals surface area contributed by atoms with Gasteiger partial charge in [-0.05, 0) is 37.6 Å². The number of hydrogen-bond donors (Lipinski definition) is 1. The molecule has 2 atom stereocenters. The van der Waals surface area contributed by atoms with Gasteiger partial charge >= 0.3 is 0 Å². The van der Waals surface area contributed by atoms with Gasteiger partial charge in [0.2, 0.25) is 0 Å². The molecular formula is C19H23NO. The summed E-state index contributed by atoms with van der Waals surface area (Å²) in [5, 5.41) is 3.66. The second-order valence-corrected chi connectivity index (χ2v) is 5.85. The van der Waals surface area contributed by atoms with E-state index in [4.69, 9.17) is 4.74 Å². The number of aryl methyl sites for hydroxylation is 2. The van der Waals surface area contributed by atoms with Crippen molar-refractivity contribution in [1.82, 2.24) is 5.32 Å². The molecule has 0 aliphatic carbocycles. The molecule has 0 bridgehead atoms. The van der Waals surface area contributed by atoms with Crippen LogP contribution in [0.2, 0.25) is 0 Å². The number of likely N-dealkylation sites (N-methyl/N-ethyl adjacent to an activating group) is 1. The van der Waals surface area contributed by atoms with Gasteiger partial charge in [-0.2, -0.15) is 0 Å². The van der Waals surface area contributed by atoms with Gasteiger partial charge in [0.05, 0.1) is 6.61 Å². The summed E-state index contributed by atoms with van der Waals surface area (Å²) in [5.74, 6) is 1.41. The minimum absolute atomic E-state index is 0.305. The van der Waals surface area contributed by atoms with Gasteiger partial charge < -0.3 is 10.1 Å². The van der Waals surface area contributed by atoms with Crippen LogP contribution in [0.15, 0.2) is 42.5 Å². The molecule has 110 valence electrons. The van der Waals surface area contributed by atoms with Crippen molar-refractivity contribution in [3.63, 3.8) is 0 Å². The number of rotatable bonds is 4. The highest BCUT2D eigenvalue weighted by molar-refractivity contribution is 5.43. The van der Waals surface area contributed by atoms with E-state index in [9.17, 15) is 0 Å². The van der Waals surface area contributed by atoms with E-state index < -0.39 is 0 Å². The first kappa shape index (κ1) is 14.2.